The SMILES string of the molecule is OC(c1cc(Br)ccc1Cl)C1CCCC1. The molecule has 1 unspecified atom stereocenters. The van der Waals surface area contributed by atoms with E-state index in [1.54, 1.807) is 0 Å². The van der Waals surface area contributed by atoms with Gasteiger partial charge in [0.25, 0.3) is 0 Å². The minimum absolute atomic E-state index is 0.386. The molecule has 2 rings (SSSR count). The Morgan fingerprint density at radius 3 is 2.67 bits per heavy atom. The maximum Gasteiger partial charge on any atom is 0.0832 e. The van der Waals surface area contributed by atoms with Crippen LogP contribution in [-0.4, -0.2) is 5.11 Å². The maximum absolute atomic E-state index is 10.2. The van der Waals surface area contributed by atoms with E-state index in [1.807, 2.05) is 18.2 Å². The Labute approximate surface area is 104 Å². The lowest BCUT2D eigenvalue weighted by Crippen LogP contribution is -2.09. The number of benzene rings is 1. The van der Waals surface area contributed by atoms with E-state index in [-0.39, 0.29) is 0 Å². The number of halogens is 2. The molecule has 1 saturated carbocycles. The predicted octanol–water partition coefficient (Wildman–Crippen LogP) is 4.33. The van der Waals surface area contributed by atoms with Crippen LogP contribution < -0.4 is 0 Å². The summed E-state index contributed by atoms with van der Waals surface area (Å²) in [5, 5.41) is 10.9. The summed E-state index contributed by atoms with van der Waals surface area (Å²) in [4.78, 5) is 0. The van der Waals surface area contributed by atoms with Gasteiger partial charge in [0, 0.05) is 15.1 Å². The van der Waals surface area contributed by atoms with Gasteiger partial charge >= 0.3 is 0 Å². The molecule has 1 aromatic rings. The third-order valence-corrected chi connectivity index (χ3v) is 3.96. The zero-order valence-electron chi connectivity index (χ0n) is 8.42. The van der Waals surface area contributed by atoms with Crippen molar-refractivity contribution in [3.63, 3.8) is 0 Å². The topological polar surface area (TPSA) is 20.2 Å². The molecule has 0 heterocycles. The van der Waals surface area contributed by atoms with E-state index >= 15 is 0 Å². The highest BCUT2D eigenvalue weighted by Crippen LogP contribution is 2.38. The summed E-state index contributed by atoms with van der Waals surface area (Å²) in [5.41, 5.74) is 0.859. The van der Waals surface area contributed by atoms with Crippen molar-refractivity contribution in [3.05, 3.63) is 33.3 Å². The van der Waals surface area contributed by atoms with Gasteiger partial charge in [0.05, 0.1) is 6.10 Å². The van der Waals surface area contributed by atoms with Crippen LogP contribution in [0.4, 0.5) is 0 Å². The second kappa shape index (κ2) is 4.86. The molecule has 3 heteroatoms. The van der Waals surface area contributed by atoms with E-state index in [4.69, 9.17) is 11.6 Å². The highest BCUT2D eigenvalue weighted by Gasteiger charge is 2.25. The average Bonchev–Trinajstić information content (AvgIpc) is 2.74. The first-order valence-electron chi connectivity index (χ1n) is 5.31. The van der Waals surface area contributed by atoms with Gasteiger partial charge in [0.2, 0.25) is 0 Å². The first kappa shape index (κ1) is 11.4. The monoisotopic (exact) mass is 288 g/mol. The number of rotatable bonds is 2. The molecule has 0 aliphatic heterocycles. The van der Waals surface area contributed by atoms with Crippen molar-refractivity contribution < 1.29 is 5.11 Å². The second-order valence-electron chi connectivity index (χ2n) is 4.16. The van der Waals surface area contributed by atoms with Crippen molar-refractivity contribution in [2.75, 3.05) is 0 Å². The maximum atomic E-state index is 10.2. The molecule has 0 radical (unpaired) electrons. The Morgan fingerprint density at radius 2 is 2.00 bits per heavy atom. The van der Waals surface area contributed by atoms with Crippen molar-refractivity contribution in [2.45, 2.75) is 31.8 Å². The van der Waals surface area contributed by atoms with E-state index in [9.17, 15) is 5.11 Å². The molecule has 1 fully saturated rings. The van der Waals surface area contributed by atoms with Gasteiger partial charge in [-0.1, -0.05) is 40.4 Å². The van der Waals surface area contributed by atoms with Crippen LogP contribution in [-0.2, 0) is 0 Å². The van der Waals surface area contributed by atoms with E-state index in [1.165, 1.54) is 12.8 Å². The highest BCUT2D eigenvalue weighted by molar-refractivity contribution is 9.10. The molecule has 0 bridgehead atoms. The van der Waals surface area contributed by atoms with Crippen LogP contribution in [0.1, 0.15) is 37.4 Å². The van der Waals surface area contributed by atoms with Gasteiger partial charge in [0.15, 0.2) is 0 Å². The Morgan fingerprint density at radius 1 is 1.33 bits per heavy atom. The van der Waals surface area contributed by atoms with Crippen LogP contribution in [0.3, 0.4) is 0 Å². The molecule has 1 nitrogen and oxygen atoms in total. The van der Waals surface area contributed by atoms with Gasteiger partial charge in [0.1, 0.15) is 0 Å². The number of aliphatic hydroxyl groups excluding tert-OH is 1. The van der Waals surface area contributed by atoms with E-state index < -0.39 is 6.10 Å². The summed E-state index contributed by atoms with van der Waals surface area (Å²) in [6.45, 7) is 0. The predicted molar refractivity (Wildman–Crippen MR) is 66.1 cm³/mol. The lowest BCUT2D eigenvalue weighted by atomic mass is 9.94. The number of hydrogen-bond donors (Lipinski definition) is 1. The molecule has 0 saturated heterocycles. The van der Waals surface area contributed by atoms with Crippen molar-refractivity contribution in [2.24, 2.45) is 5.92 Å². The molecular formula is C12H14BrClO. The number of hydrogen-bond acceptors (Lipinski definition) is 1. The average molecular weight is 290 g/mol. The first-order valence-corrected chi connectivity index (χ1v) is 6.48. The van der Waals surface area contributed by atoms with Crippen LogP contribution in [0.5, 0.6) is 0 Å². The molecule has 1 aliphatic rings. The van der Waals surface area contributed by atoms with E-state index in [2.05, 4.69) is 15.9 Å². The fourth-order valence-corrected chi connectivity index (χ4v) is 2.88. The molecule has 82 valence electrons. The summed E-state index contributed by atoms with van der Waals surface area (Å²) >= 11 is 9.49. The molecule has 0 aromatic heterocycles. The quantitative estimate of drug-likeness (QED) is 0.859. The molecule has 1 N–H and O–H groups in total. The molecule has 1 aliphatic carbocycles. The van der Waals surface area contributed by atoms with Crippen molar-refractivity contribution in [1.82, 2.24) is 0 Å². The summed E-state index contributed by atoms with van der Waals surface area (Å²) < 4.78 is 0.971. The lowest BCUT2D eigenvalue weighted by molar-refractivity contribution is 0.111. The van der Waals surface area contributed by atoms with Crippen molar-refractivity contribution >= 4 is 27.5 Å². The Kier molecular flexibility index (Phi) is 3.70. The Bertz CT molecular complexity index is 347. The Hall–Kier alpha value is -0.0500. The van der Waals surface area contributed by atoms with Gasteiger partial charge < -0.3 is 5.11 Å². The summed E-state index contributed by atoms with van der Waals surface area (Å²) in [6.07, 6.45) is 4.28. The molecule has 0 spiro atoms. The van der Waals surface area contributed by atoms with Gasteiger partial charge in [-0.15, -0.1) is 0 Å². The van der Waals surface area contributed by atoms with Crippen LogP contribution in [0.25, 0.3) is 0 Å². The van der Waals surface area contributed by atoms with Gasteiger partial charge in [-0.3, -0.25) is 0 Å². The van der Waals surface area contributed by atoms with Gasteiger partial charge in [-0.2, -0.15) is 0 Å². The minimum atomic E-state index is -0.405. The summed E-state index contributed by atoms with van der Waals surface area (Å²) in [5.74, 6) is 0.386. The summed E-state index contributed by atoms with van der Waals surface area (Å²) in [7, 11) is 0. The smallest absolute Gasteiger partial charge is 0.0832 e. The zero-order valence-corrected chi connectivity index (χ0v) is 10.8. The first-order chi connectivity index (χ1) is 7.18. The molecule has 15 heavy (non-hydrogen) atoms. The van der Waals surface area contributed by atoms with Gasteiger partial charge in [-0.25, -0.2) is 0 Å². The van der Waals surface area contributed by atoms with Gasteiger partial charge in [-0.05, 0) is 37.0 Å². The molecule has 1 atom stereocenters. The summed E-state index contributed by atoms with van der Waals surface area (Å²) in [6, 6.07) is 5.65. The van der Waals surface area contributed by atoms with Crippen molar-refractivity contribution in [1.29, 1.82) is 0 Å². The molecule has 1 aromatic carbocycles. The van der Waals surface area contributed by atoms with Crippen LogP contribution in [0.15, 0.2) is 22.7 Å². The largest absolute Gasteiger partial charge is 0.388 e. The van der Waals surface area contributed by atoms with Crippen molar-refractivity contribution in [3.8, 4) is 0 Å². The van der Waals surface area contributed by atoms with Crippen LogP contribution in [0, 0.1) is 5.92 Å². The van der Waals surface area contributed by atoms with Crippen LogP contribution >= 0.6 is 27.5 Å². The Balaban J connectivity index is 2.23. The molecule has 0 amide bonds. The minimum Gasteiger partial charge on any atom is -0.388 e. The third-order valence-electron chi connectivity index (χ3n) is 3.12. The number of aliphatic hydroxyl groups is 1. The fraction of sp³-hybridized carbons (Fsp3) is 0.500. The van der Waals surface area contributed by atoms with E-state index in [0.717, 1.165) is 22.9 Å². The fourth-order valence-electron chi connectivity index (χ4n) is 2.27. The highest BCUT2D eigenvalue weighted by atomic mass is 79.9. The normalized spacial score (nSPS) is 19.4. The zero-order chi connectivity index (χ0) is 10.8. The van der Waals surface area contributed by atoms with E-state index in [0.29, 0.717) is 10.9 Å². The lowest BCUT2D eigenvalue weighted by Gasteiger charge is -2.19. The molecular weight excluding hydrogens is 275 g/mol. The van der Waals surface area contributed by atoms with Crippen LogP contribution in [0.2, 0.25) is 5.02 Å². The standard InChI is InChI=1S/C12H14BrClO/c13-9-5-6-11(14)10(7-9)12(15)8-3-1-2-4-8/h5-8,12,15H,1-4H2. The second-order valence-corrected chi connectivity index (χ2v) is 5.48. The third kappa shape index (κ3) is 2.55.